The first-order chi connectivity index (χ1) is 10.1. The zero-order valence-corrected chi connectivity index (χ0v) is 11.7. The smallest absolute Gasteiger partial charge is 0.369 e. The molecule has 1 rings (SSSR count). The molecule has 0 saturated carbocycles. The van der Waals surface area contributed by atoms with Crippen molar-refractivity contribution in [3.63, 3.8) is 0 Å². The molecule has 0 aliphatic rings. The lowest BCUT2D eigenvalue weighted by Crippen LogP contribution is -2.39. The van der Waals surface area contributed by atoms with Crippen molar-refractivity contribution in [1.82, 2.24) is 10.2 Å². The molecule has 1 aromatic rings. The number of likely N-dealkylation sites (N-methyl/N-ethyl adjacent to an activating group) is 1. The zero-order chi connectivity index (χ0) is 16.9. The Bertz CT molecular complexity index is 561. The Labute approximate surface area is 124 Å². The van der Waals surface area contributed by atoms with Crippen LogP contribution < -0.4 is 11.1 Å². The molecule has 0 aromatic heterocycles. The number of amides is 2. The molecule has 0 radical (unpaired) electrons. The second-order valence-electron chi connectivity index (χ2n) is 4.71. The number of alkyl halides is 3. The quantitative estimate of drug-likeness (QED) is 0.764. The van der Waals surface area contributed by atoms with Gasteiger partial charge in [0.05, 0.1) is 18.7 Å². The van der Waals surface area contributed by atoms with E-state index in [1.807, 2.05) is 0 Å². The van der Waals surface area contributed by atoms with E-state index in [2.05, 4.69) is 5.32 Å². The SMILES string of the molecule is CN(CC(N)=O)CC(=O)NCc1ccc(F)cc1C(F)(F)F. The van der Waals surface area contributed by atoms with Gasteiger partial charge in [0.2, 0.25) is 11.8 Å². The van der Waals surface area contributed by atoms with Crippen molar-refractivity contribution in [2.45, 2.75) is 12.7 Å². The minimum Gasteiger partial charge on any atom is -0.369 e. The summed E-state index contributed by atoms with van der Waals surface area (Å²) in [6.07, 6.45) is -4.72. The number of nitrogens with two attached hydrogens (primary N) is 1. The van der Waals surface area contributed by atoms with Crippen molar-refractivity contribution in [2.24, 2.45) is 5.73 Å². The van der Waals surface area contributed by atoms with Gasteiger partial charge >= 0.3 is 6.18 Å². The van der Waals surface area contributed by atoms with Crippen LogP contribution in [0.1, 0.15) is 11.1 Å². The van der Waals surface area contributed by atoms with Crippen molar-refractivity contribution in [1.29, 1.82) is 0 Å². The van der Waals surface area contributed by atoms with Crippen LogP contribution in [-0.4, -0.2) is 36.9 Å². The number of hydrogen-bond donors (Lipinski definition) is 2. The number of carbonyl (C=O) groups is 2. The van der Waals surface area contributed by atoms with Crippen LogP contribution >= 0.6 is 0 Å². The van der Waals surface area contributed by atoms with Gasteiger partial charge < -0.3 is 11.1 Å². The molecule has 2 amide bonds. The molecule has 0 saturated heterocycles. The molecular weight excluding hydrogens is 306 g/mol. The van der Waals surface area contributed by atoms with Gasteiger partial charge in [-0.05, 0) is 24.7 Å². The van der Waals surface area contributed by atoms with E-state index in [0.717, 1.165) is 12.1 Å². The summed E-state index contributed by atoms with van der Waals surface area (Å²) < 4.78 is 51.2. The Hall–Kier alpha value is -2.16. The van der Waals surface area contributed by atoms with Crippen LogP contribution in [0, 0.1) is 5.82 Å². The summed E-state index contributed by atoms with van der Waals surface area (Å²) in [4.78, 5) is 23.5. The van der Waals surface area contributed by atoms with Gasteiger partial charge in [0.15, 0.2) is 0 Å². The first-order valence-corrected chi connectivity index (χ1v) is 6.18. The van der Waals surface area contributed by atoms with E-state index in [1.54, 1.807) is 0 Å². The number of benzene rings is 1. The molecule has 0 unspecified atom stereocenters. The summed E-state index contributed by atoms with van der Waals surface area (Å²) in [6.45, 7) is -0.762. The van der Waals surface area contributed by atoms with Crippen LogP contribution in [0.5, 0.6) is 0 Å². The molecule has 0 aliphatic carbocycles. The van der Waals surface area contributed by atoms with Gasteiger partial charge in [-0.1, -0.05) is 6.07 Å². The molecule has 22 heavy (non-hydrogen) atoms. The van der Waals surface area contributed by atoms with E-state index >= 15 is 0 Å². The Kier molecular flexibility index (Phi) is 5.86. The van der Waals surface area contributed by atoms with E-state index in [1.165, 1.54) is 11.9 Å². The molecule has 0 spiro atoms. The first kappa shape index (κ1) is 17.9. The van der Waals surface area contributed by atoms with Crippen LogP contribution in [-0.2, 0) is 22.3 Å². The predicted octanol–water partition coefficient (Wildman–Crippen LogP) is 0.878. The summed E-state index contributed by atoms with van der Waals surface area (Å²) >= 11 is 0. The lowest BCUT2D eigenvalue weighted by molar-refractivity contribution is -0.138. The molecule has 0 heterocycles. The van der Waals surface area contributed by atoms with Gasteiger partial charge in [-0.25, -0.2) is 4.39 Å². The monoisotopic (exact) mass is 321 g/mol. The van der Waals surface area contributed by atoms with Crippen LogP contribution in [0.3, 0.4) is 0 Å². The third-order valence-electron chi connectivity index (χ3n) is 2.69. The van der Waals surface area contributed by atoms with Crippen molar-refractivity contribution >= 4 is 11.8 Å². The van der Waals surface area contributed by atoms with Gasteiger partial charge in [0, 0.05) is 6.54 Å². The Morgan fingerprint density at radius 1 is 1.27 bits per heavy atom. The molecule has 0 aliphatic heterocycles. The zero-order valence-electron chi connectivity index (χ0n) is 11.7. The minimum absolute atomic E-state index is 0.155. The molecule has 0 bridgehead atoms. The van der Waals surface area contributed by atoms with Gasteiger partial charge in [-0.2, -0.15) is 13.2 Å². The molecule has 1 aromatic carbocycles. The maximum absolute atomic E-state index is 12.9. The highest BCUT2D eigenvalue weighted by molar-refractivity contribution is 5.80. The molecule has 0 fully saturated rings. The second kappa shape index (κ2) is 7.21. The Morgan fingerprint density at radius 2 is 1.91 bits per heavy atom. The Morgan fingerprint density at radius 3 is 2.45 bits per heavy atom. The number of nitrogens with zero attached hydrogens (tertiary/aromatic N) is 1. The lowest BCUT2D eigenvalue weighted by Gasteiger charge is -2.16. The largest absolute Gasteiger partial charge is 0.416 e. The number of carbonyl (C=O) groups excluding carboxylic acids is 2. The third-order valence-corrected chi connectivity index (χ3v) is 2.69. The standard InChI is InChI=1S/C13H15F4N3O2/c1-20(6-11(18)21)7-12(22)19-5-8-2-3-9(14)4-10(8)13(15,16)17/h2-4H,5-7H2,1H3,(H2,18,21)(H,19,22). The molecule has 5 nitrogen and oxygen atoms in total. The van der Waals surface area contributed by atoms with E-state index in [4.69, 9.17) is 5.73 Å². The Balaban J connectivity index is 2.68. The minimum atomic E-state index is -4.72. The third kappa shape index (κ3) is 5.68. The predicted molar refractivity (Wildman–Crippen MR) is 69.9 cm³/mol. The normalized spacial score (nSPS) is 11.5. The fraction of sp³-hybridized carbons (Fsp3) is 0.385. The highest BCUT2D eigenvalue weighted by Crippen LogP contribution is 2.32. The van der Waals surface area contributed by atoms with Crippen LogP contribution in [0.25, 0.3) is 0 Å². The molecule has 0 atom stereocenters. The fourth-order valence-corrected chi connectivity index (χ4v) is 1.78. The molecule has 122 valence electrons. The van der Waals surface area contributed by atoms with Crippen LogP contribution in [0.4, 0.5) is 17.6 Å². The highest BCUT2D eigenvalue weighted by Gasteiger charge is 2.33. The summed E-state index contributed by atoms with van der Waals surface area (Å²) in [7, 11) is 1.46. The number of halogens is 4. The van der Waals surface area contributed by atoms with E-state index < -0.39 is 35.9 Å². The van der Waals surface area contributed by atoms with Crippen molar-refractivity contribution in [3.8, 4) is 0 Å². The fourth-order valence-electron chi connectivity index (χ4n) is 1.78. The lowest BCUT2D eigenvalue weighted by atomic mass is 10.1. The average molecular weight is 321 g/mol. The van der Waals surface area contributed by atoms with Crippen LogP contribution in [0.2, 0.25) is 0 Å². The number of nitrogens with one attached hydrogen (secondary N) is 1. The van der Waals surface area contributed by atoms with Crippen molar-refractivity contribution < 1.29 is 27.2 Å². The van der Waals surface area contributed by atoms with Crippen LogP contribution in [0.15, 0.2) is 18.2 Å². The molecular formula is C13H15F4N3O2. The van der Waals surface area contributed by atoms with Gasteiger partial charge in [0.25, 0.3) is 0 Å². The highest BCUT2D eigenvalue weighted by atomic mass is 19.4. The average Bonchev–Trinajstić information content (AvgIpc) is 2.34. The summed E-state index contributed by atoms with van der Waals surface area (Å²) in [5.74, 6) is -2.22. The summed E-state index contributed by atoms with van der Waals surface area (Å²) in [5.41, 5.74) is 3.55. The number of hydrogen-bond acceptors (Lipinski definition) is 3. The molecule has 9 heteroatoms. The van der Waals surface area contributed by atoms with E-state index in [-0.39, 0.29) is 18.7 Å². The van der Waals surface area contributed by atoms with E-state index in [0.29, 0.717) is 6.07 Å². The maximum atomic E-state index is 12.9. The maximum Gasteiger partial charge on any atom is 0.416 e. The van der Waals surface area contributed by atoms with Crippen molar-refractivity contribution in [2.75, 3.05) is 20.1 Å². The van der Waals surface area contributed by atoms with Gasteiger partial charge in [-0.15, -0.1) is 0 Å². The van der Waals surface area contributed by atoms with Gasteiger partial charge in [0.1, 0.15) is 5.82 Å². The first-order valence-electron chi connectivity index (χ1n) is 6.18. The number of rotatable bonds is 6. The molecule has 3 N–H and O–H groups in total. The number of primary amides is 1. The summed E-state index contributed by atoms with van der Waals surface area (Å²) in [6, 6.07) is 2.22. The van der Waals surface area contributed by atoms with E-state index in [9.17, 15) is 27.2 Å². The second-order valence-corrected chi connectivity index (χ2v) is 4.71. The topological polar surface area (TPSA) is 75.4 Å². The van der Waals surface area contributed by atoms with Crippen molar-refractivity contribution in [3.05, 3.63) is 35.1 Å². The van der Waals surface area contributed by atoms with Gasteiger partial charge in [-0.3, -0.25) is 14.5 Å². The summed E-state index contributed by atoms with van der Waals surface area (Å²) in [5, 5.41) is 2.28.